The lowest BCUT2D eigenvalue weighted by molar-refractivity contribution is -0.0000716. The molecule has 21 heavy (non-hydrogen) atoms. The third-order valence-corrected chi connectivity index (χ3v) is 3.95. The molecule has 2 heterocycles. The summed E-state index contributed by atoms with van der Waals surface area (Å²) in [4.78, 5) is 13.6. The van der Waals surface area contributed by atoms with Gasteiger partial charge in [-0.1, -0.05) is 11.3 Å². The molecule has 0 bridgehead atoms. The zero-order valence-corrected chi connectivity index (χ0v) is 13.8. The van der Waals surface area contributed by atoms with E-state index >= 15 is 0 Å². The zero-order chi connectivity index (χ0) is 15.2. The predicted octanol–water partition coefficient (Wildman–Crippen LogP) is 2.99. The van der Waals surface area contributed by atoms with Crippen molar-refractivity contribution in [3.8, 4) is 0 Å². The first-order chi connectivity index (χ1) is 9.85. The van der Waals surface area contributed by atoms with E-state index in [0.29, 0.717) is 13.1 Å². The number of halogens is 1. The van der Waals surface area contributed by atoms with Crippen molar-refractivity contribution in [2.45, 2.75) is 32.4 Å². The van der Waals surface area contributed by atoms with Crippen molar-refractivity contribution in [3.63, 3.8) is 0 Å². The maximum absolute atomic E-state index is 11.9. The number of nitrogens with zero attached hydrogens (tertiary/aromatic N) is 4. The highest BCUT2D eigenvalue weighted by Crippen LogP contribution is 2.28. The molecule has 112 valence electrons. The molecule has 1 fully saturated rings. The van der Waals surface area contributed by atoms with Gasteiger partial charge in [-0.05, 0) is 48.8 Å². The van der Waals surface area contributed by atoms with Gasteiger partial charge in [0.25, 0.3) is 0 Å². The second kappa shape index (κ2) is 4.98. The first-order valence-electron chi connectivity index (χ1n) is 6.82. The Labute approximate surface area is 131 Å². The molecule has 0 atom stereocenters. The first kappa shape index (κ1) is 14.3. The van der Waals surface area contributed by atoms with E-state index in [1.165, 1.54) is 0 Å². The van der Waals surface area contributed by atoms with E-state index in [4.69, 9.17) is 4.74 Å². The summed E-state index contributed by atoms with van der Waals surface area (Å²) >= 11 is 3.47. The average Bonchev–Trinajstić information content (AvgIpc) is 2.70. The van der Waals surface area contributed by atoms with Gasteiger partial charge in [0.1, 0.15) is 11.1 Å². The lowest BCUT2D eigenvalue weighted by Crippen LogP contribution is -2.52. The third-order valence-electron chi connectivity index (χ3n) is 3.31. The molecule has 1 aliphatic heterocycles. The molecule has 1 aliphatic rings. The van der Waals surface area contributed by atoms with Crippen LogP contribution in [0.1, 0.15) is 26.8 Å². The van der Waals surface area contributed by atoms with E-state index in [0.717, 1.165) is 15.5 Å². The zero-order valence-electron chi connectivity index (χ0n) is 12.2. The number of carbonyl (C=O) groups excluding carboxylic acids is 1. The Hall–Kier alpha value is -1.63. The normalized spacial score (nSPS) is 16.1. The molecule has 0 radical (unpaired) electrons. The molecule has 0 unspecified atom stereocenters. The summed E-state index contributed by atoms with van der Waals surface area (Å²) in [6.45, 7) is 6.79. The van der Waals surface area contributed by atoms with Gasteiger partial charge in [-0.15, -0.1) is 5.10 Å². The van der Waals surface area contributed by atoms with Crippen molar-refractivity contribution < 1.29 is 9.53 Å². The third kappa shape index (κ3) is 2.74. The van der Waals surface area contributed by atoms with Gasteiger partial charge in [-0.25, -0.2) is 9.48 Å². The van der Waals surface area contributed by atoms with Gasteiger partial charge in [0, 0.05) is 17.6 Å². The Morgan fingerprint density at radius 1 is 1.38 bits per heavy atom. The maximum Gasteiger partial charge on any atom is 0.410 e. The van der Waals surface area contributed by atoms with Crippen LogP contribution < -0.4 is 0 Å². The minimum Gasteiger partial charge on any atom is -0.444 e. The highest BCUT2D eigenvalue weighted by molar-refractivity contribution is 9.10. The van der Waals surface area contributed by atoms with Crippen molar-refractivity contribution in [1.82, 2.24) is 19.9 Å². The molecule has 2 aromatic rings. The molecule has 3 rings (SSSR count). The van der Waals surface area contributed by atoms with Crippen molar-refractivity contribution in [2.75, 3.05) is 13.1 Å². The predicted molar refractivity (Wildman–Crippen MR) is 82.1 cm³/mol. The Morgan fingerprint density at radius 2 is 2.10 bits per heavy atom. The van der Waals surface area contributed by atoms with E-state index in [9.17, 15) is 4.79 Å². The van der Waals surface area contributed by atoms with E-state index in [2.05, 4.69) is 26.2 Å². The second-order valence-corrected chi connectivity index (χ2v) is 7.04. The van der Waals surface area contributed by atoms with Gasteiger partial charge < -0.3 is 9.64 Å². The topological polar surface area (TPSA) is 60.2 Å². The number of amides is 1. The summed E-state index contributed by atoms with van der Waals surface area (Å²) in [7, 11) is 0. The molecule has 1 aromatic heterocycles. The van der Waals surface area contributed by atoms with E-state index in [-0.39, 0.29) is 12.1 Å². The molecule has 0 spiro atoms. The molecule has 1 aromatic carbocycles. The summed E-state index contributed by atoms with van der Waals surface area (Å²) in [5.41, 5.74) is 1.35. The minimum absolute atomic E-state index is 0.150. The number of likely N-dealkylation sites (tertiary alicyclic amines) is 1. The fourth-order valence-electron chi connectivity index (χ4n) is 2.28. The minimum atomic E-state index is -0.465. The number of benzene rings is 1. The summed E-state index contributed by atoms with van der Waals surface area (Å²) in [5.74, 6) is 0. The van der Waals surface area contributed by atoms with Gasteiger partial charge in [0.15, 0.2) is 0 Å². The number of fused-ring (bicyclic) bond motifs is 1. The van der Waals surface area contributed by atoms with Crippen LogP contribution >= 0.6 is 15.9 Å². The number of rotatable bonds is 1. The Kier molecular flexibility index (Phi) is 3.39. The largest absolute Gasteiger partial charge is 0.444 e. The number of ether oxygens (including phenoxy) is 1. The van der Waals surface area contributed by atoms with Crippen LogP contribution in [0.3, 0.4) is 0 Å². The van der Waals surface area contributed by atoms with Crippen molar-refractivity contribution >= 4 is 33.1 Å². The molecule has 0 N–H and O–H groups in total. The van der Waals surface area contributed by atoms with Crippen LogP contribution in [-0.2, 0) is 4.74 Å². The van der Waals surface area contributed by atoms with Crippen LogP contribution in [0, 0.1) is 0 Å². The van der Waals surface area contributed by atoms with Crippen molar-refractivity contribution in [3.05, 3.63) is 22.7 Å². The first-order valence-corrected chi connectivity index (χ1v) is 7.62. The van der Waals surface area contributed by atoms with E-state index < -0.39 is 5.60 Å². The van der Waals surface area contributed by atoms with Crippen LogP contribution in [0.2, 0.25) is 0 Å². The fraction of sp³-hybridized carbons (Fsp3) is 0.500. The molecule has 1 saturated heterocycles. The summed E-state index contributed by atoms with van der Waals surface area (Å²) < 4.78 is 8.15. The number of aromatic nitrogens is 3. The van der Waals surface area contributed by atoms with Crippen LogP contribution in [0.5, 0.6) is 0 Å². The molecule has 7 heteroatoms. The lowest BCUT2D eigenvalue weighted by atomic mass is 10.1. The van der Waals surface area contributed by atoms with Crippen LogP contribution in [-0.4, -0.2) is 44.7 Å². The molecule has 6 nitrogen and oxygen atoms in total. The van der Waals surface area contributed by atoms with Gasteiger partial charge in [-0.3, -0.25) is 0 Å². The molecule has 1 amide bonds. The van der Waals surface area contributed by atoms with Crippen LogP contribution in [0.15, 0.2) is 22.7 Å². The quantitative estimate of drug-likeness (QED) is 0.791. The van der Waals surface area contributed by atoms with Crippen LogP contribution in [0.4, 0.5) is 4.79 Å². The Bertz CT molecular complexity index is 686. The van der Waals surface area contributed by atoms with Crippen molar-refractivity contribution in [1.29, 1.82) is 0 Å². The van der Waals surface area contributed by atoms with Gasteiger partial charge in [0.2, 0.25) is 0 Å². The maximum atomic E-state index is 11.9. The van der Waals surface area contributed by atoms with Crippen molar-refractivity contribution in [2.24, 2.45) is 0 Å². The summed E-state index contributed by atoms with van der Waals surface area (Å²) in [5, 5.41) is 8.39. The van der Waals surface area contributed by atoms with Gasteiger partial charge >= 0.3 is 6.09 Å². The van der Waals surface area contributed by atoms with E-state index in [1.807, 2.05) is 43.7 Å². The highest BCUT2D eigenvalue weighted by atomic mass is 79.9. The second-order valence-electron chi connectivity index (χ2n) is 6.18. The Morgan fingerprint density at radius 3 is 2.76 bits per heavy atom. The Balaban J connectivity index is 1.71. The molecular weight excluding hydrogens is 336 g/mol. The summed E-state index contributed by atoms with van der Waals surface area (Å²) in [6.07, 6.45) is -0.274. The molecule has 0 aliphatic carbocycles. The molecule has 0 saturated carbocycles. The van der Waals surface area contributed by atoms with E-state index in [1.54, 1.807) is 4.90 Å². The highest BCUT2D eigenvalue weighted by Gasteiger charge is 2.36. The van der Waals surface area contributed by atoms with Gasteiger partial charge in [0.05, 0.1) is 11.6 Å². The smallest absolute Gasteiger partial charge is 0.410 e. The average molecular weight is 353 g/mol. The molecular formula is C14H17BrN4O2. The fourth-order valence-corrected chi connectivity index (χ4v) is 2.72. The van der Waals surface area contributed by atoms with Crippen LogP contribution in [0.25, 0.3) is 11.0 Å². The lowest BCUT2D eigenvalue weighted by Gasteiger charge is -2.39. The standard InChI is InChI=1S/C14H17BrN4O2/c1-14(2,3)21-13(20)18-7-9(8-18)19-11-6-4-5-10(15)12(11)16-17-19/h4-6,9H,7-8H2,1-3H3. The summed E-state index contributed by atoms with van der Waals surface area (Å²) in [6, 6.07) is 6.03. The SMILES string of the molecule is CC(C)(C)OC(=O)N1CC(n2nnc3c(Br)cccc32)C1. The number of hydrogen-bond donors (Lipinski definition) is 0. The van der Waals surface area contributed by atoms with Gasteiger partial charge in [-0.2, -0.15) is 0 Å². The monoisotopic (exact) mass is 352 g/mol. The number of carbonyl (C=O) groups is 1. The number of hydrogen-bond acceptors (Lipinski definition) is 4.